The van der Waals surface area contributed by atoms with Crippen LogP contribution in [-0.4, -0.2) is 8.91 Å². The summed E-state index contributed by atoms with van der Waals surface area (Å²) in [6, 6.07) is 0. The summed E-state index contributed by atoms with van der Waals surface area (Å²) in [7, 11) is 0. The van der Waals surface area contributed by atoms with E-state index in [1.165, 1.54) is 0 Å². The Morgan fingerprint density at radius 1 is 1.44 bits per heavy atom. The van der Waals surface area contributed by atoms with Gasteiger partial charge in [-0.25, -0.2) is 0 Å². The van der Waals surface area contributed by atoms with E-state index in [1.807, 2.05) is 0 Å². The number of hydrogen-bond acceptors (Lipinski definition) is 1. The SMILES string of the molecule is O=C(S)CCC(Cl)(Cl)Cl. The van der Waals surface area contributed by atoms with Crippen LogP contribution in [0.1, 0.15) is 12.8 Å². The minimum atomic E-state index is -1.32. The molecule has 5 heteroatoms. The molecule has 0 saturated heterocycles. The summed E-state index contributed by atoms with van der Waals surface area (Å²) in [6.45, 7) is 0. The lowest BCUT2D eigenvalue weighted by molar-refractivity contribution is -0.110. The largest absolute Gasteiger partial charge is 0.288 e. The van der Waals surface area contributed by atoms with Gasteiger partial charge in [0.2, 0.25) is 0 Å². The summed E-state index contributed by atoms with van der Waals surface area (Å²) in [6.07, 6.45) is 0.416. The second-order valence-electron chi connectivity index (χ2n) is 1.51. The molecule has 0 aliphatic carbocycles. The molecule has 0 heterocycles. The molecule has 0 unspecified atom stereocenters. The lowest BCUT2D eigenvalue weighted by Crippen LogP contribution is -2.03. The zero-order chi connectivity index (χ0) is 7.49. The van der Waals surface area contributed by atoms with Crippen molar-refractivity contribution in [2.45, 2.75) is 16.6 Å². The van der Waals surface area contributed by atoms with Crippen molar-refractivity contribution in [2.75, 3.05) is 0 Å². The van der Waals surface area contributed by atoms with Gasteiger partial charge in [0, 0.05) is 12.8 Å². The Labute approximate surface area is 74.1 Å². The highest BCUT2D eigenvalue weighted by atomic mass is 35.6. The fraction of sp³-hybridized carbons (Fsp3) is 0.750. The van der Waals surface area contributed by atoms with Gasteiger partial charge in [-0.1, -0.05) is 34.8 Å². The van der Waals surface area contributed by atoms with Gasteiger partial charge in [0.25, 0.3) is 0 Å². The summed E-state index contributed by atoms with van der Waals surface area (Å²) in [4.78, 5) is 10.2. The highest BCUT2D eigenvalue weighted by Crippen LogP contribution is 2.31. The maximum absolute atomic E-state index is 10.2. The Bertz CT molecular complexity index is 109. The Morgan fingerprint density at radius 2 is 1.89 bits per heavy atom. The molecule has 0 bridgehead atoms. The molecule has 0 aromatic heterocycles. The summed E-state index contributed by atoms with van der Waals surface area (Å²) in [5.74, 6) is 0. The Morgan fingerprint density at radius 3 is 2.00 bits per heavy atom. The van der Waals surface area contributed by atoms with E-state index in [0.717, 1.165) is 0 Å². The number of alkyl halides is 3. The predicted octanol–water partition coefficient (Wildman–Crippen LogP) is 2.59. The second kappa shape index (κ2) is 3.91. The third-order valence-corrected chi connectivity index (χ3v) is 1.41. The number of rotatable bonds is 2. The van der Waals surface area contributed by atoms with E-state index >= 15 is 0 Å². The van der Waals surface area contributed by atoms with E-state index in [-0.39, 0.29) is 18.0 Å². The molecule has 54 valence electrons. The van der Waals surface area contributed by atoms with E-state index in [4.69, 9.17) is 34.8 Å². The van der Waals surface area contributed by atoms with Crippen LogP contribution in [0.2, 0.25) is 0 Å². The van der Waals surface area contributed by atoms with Gasteiger partial charge in [0.15, 0.2) is 8.91 Å². The molecule has 0 aromatic rings. The van der Waals surface area contributed by atoms with Crippen LogP contribution in [-0.2, 0) is 4.79 Å². The number of hydrogen-bond donors (Lipinski definition) is 1. The first kappa shape index (κ1) is 9.89. The number of carbonyl (C=O) groups is 1. The Hall–Kier alpha value is 0.890. The van der Waals surface area contributed by atoms with Crippen LogP contribution >= 0.6 is 47.4 Å². The van der Waals surface area contributed by atoms with Gasteiger partial charge in [0.05, 0.1) is 0 Å². The molecule has 0 fully saturated rings. The van der Waals surface area contributed by atoms with Crippen molar-refractivity contribution in [3.05, 3.63) is 0 Å². The molecule has 9 heavy (non-hydrogen) atoms. The van der Waals surface area contributed by atoms with Crippen molar-refractivity contribution >= 4 is 52.5 Å². The first-order valence-corrected chi connectivity index (χ1v) is 3.78. The number of halogens is 3. The minimum absolute atomic E-state index is 0.194. The Kier molecular flexibility index (Phi) is 4.30. The van der Waals surface area contributed by atoms with Gasteiger partial charge in [0.1, 0.15) is 0 Å². The van der Waals surface area contributed by atoms with E-state index in [1.54, 1.807) is 0 Å². The zero-order valence-corrected chi connectivity index (χ0v) is 7.57. The summed E-state index contributed by atoms with van der Waals surface area (Å²) in [5, 5.41) is -0.263. The molecule has 0 saturated carbocycles. The summed E-state index contributed by atoms with van der Waals surface area (Å²) >= 11 is 19.5. The molecule has 0 aliphatic rings. The monoisotopic (exact) mass is 206 g/mol. The average Bonchev–Trinajstić information content (AvgIpc) is 1.59. The number of thiol groups is 1. The quantitative estimate of drug-likeness (QED) is 0.544. The van der Waals surface area contributed by atoms with Gasteiger partial charge in [-0.3, -0.25) is 4.79 Å². The van der Waals surface area contributed by atoms with E-state index in [9.17, 15) is 4.79 Å². The van der Waals surface area contributed by atoms with Crippen molar-refractivity contribution in [3.8, 4) is 0 Å². The molecule has 0 radical (unpaired) electrons. The standard InChI is InChI=1S/C4H5Cl3OS/c5-4(6,7)2-1-3(8)9/h1-2H2,(H,8,9). The van der Waals surface area contributed by atoms with Crippen LogP contribution in [0.5, 0.6) is 0 Å². The molecule has 1 nitrogen and oxygen atoms in total. The van der Waals surface area contributed by atoms with Crippen LogP contribution in [0.3, 0.4) is 0 Å². The first-order chi connectivity index (χ1) is 3.92. The lowest BCUT2D eigenvalue weighted by atomic mass is 10.4. The molecule has 0 N–H and O–H groups in total. The van der Waals surface area contributed by atoms with Crippen molar-refractivity contribution in [3.63, 3.8) is 0 Å². The van der Waals surface area contributed by atoms with E-state index < -0.39 is 3.79 Å². The fourth-order valence-electron chi connectivity index (χ4n) is 0.249. The van der Waals surface area contributed by atoms with Crippen LogP contribution in [0.4, 0.5) is 0 Å². The van der Waals surface area contributed by atoms with Gasteiger partial charge in [-0.15, -0.1) is 12.6 Å². The topological polar surface area (TPSA) is 17.1 Å². The van der Waals surface area contributed by atoms with Gasteiger partial charge in [-0.2, -0.15) is 0 Å². The minimum Gasteiger partial charge on any atom is -0.288 e. The molecule has 0 spiro atoms. The van der Waals surface area contributed by atoms with Gasteiger partial charge < -0.3 is 0 Å². The predicted molar refractivity (Wildman–Crippen MR) is 43.5 cm³/mol. The highest BCUT2D eigenvalue weighted by Gasteiger charge is 2.19. The average molecular weight is 208 g/mol. The maximum Gasteiger partial charge on any atom is 0.191 e. The smallest absolute Gasteiger partial charge is 0.191 e. The van der Waals surface area contributed by atoms with Gasteiger partial charge >= 0.3 is 0 Å². The van der Waals surface area contributed by atoms with Crippen LogP contribution in [0.25, 0.3) is 0 Å². The van der Waals surface area contributed by atoms with Crippen molar-refractivity contribution in [2.24, 2.45) is 0 Å². The van der Waals surface area contributed by atoms with Crippen molar-refractivity contribution in [1.29, 1.82) is 0 Å². The number of carbonyl (C=O) groups excluding carboxylic acids is 1. The normalized spacial score (nSPS) is 11.6. The summed E-state index contributed by atoms with van der Waals surface area (Å²) < 4.78 is -1.32. The molecule has 0 aromatic carbocycles. The zero-order valence-electron chi connectivity index (χ0n) is 4.40. The molecule has 0 amide bonds. The second-order valence-corrected chi connectivity index (χ2v) is 4.52. The van der Waals surface area contributed by atoms with Crippen LogP contribution < -0.4 is 0 Å². The van der Waals surface area contributed by atoms with Gasteiger partial charge in [-0.05, 0) is 0 Å². The first-order valence-electron chi connectivity index (χ1n) is 2.20. The molecule has 0 rings (SSSR count). The third-order valence-electron chi connectivity index (χ3n) is 0.622. The highest BCUT2D eigenvalue weighted by molar-refractivity contribution is 7.96. The van der Waals surface area contributed by atoms with E-state index in [0.29, 0.717) is 0 Å². The lowest BCUT2D eigenvalue weighted by Gasteiger charge is -2.06. The molecule has 0 atom stereocenters. The maximum atomic E-state index is 10.2. The van der Waals surface area contributed by atoms with Crippen molar-refractivity contribution in [1.82, 2.24) is 0 Å². The summed E-state index contributed by atoms with van der Waals surface area (Å²) in [5.41, 5.74) is 0. The molecular formula is C4H5Cl3OS. The fourth-order valence-corrected chi connectivity index (χ4v) is 0.644. The van der Waals surface area contributed by atoms with E-state index in [2.05, 4.69) is 12.6 Å². The third kappa shape index (κ3) is 8.89. The molecule has 0 aliphatic heterocycles. The molecular weight excluding hydrogens is 202 g/mol. The Balaban J connectivity index is 3.39. The van der Waals surface area contributed by atoms with Crippen molar-refractivity contribution < 1.29 is 4.79 Å². The van der Waals surface area contributed by atoms with Crippen LogP contribution in [0.15, 0.2) is 0 Å². The van der Waals surface area contributed by atoms with Crippen LogP contribution in [0, 0.1) is 0 Å².